The van der Waals surface area contributed by atoms with E-state index in [4.69, 9.17) is 21.3 Å². The van der Waals surface area contributed by atoms with Crippen LogP contribution in [0.2, 0.25) is 5.02 Å². The highest BCUT2D eigenvalue weighted by molar-refractivity contribution is 6.30. The second kappa shape index (κ2) is 8.46. The van der Waals surface area contributed by atoms with Gasteiger partial charge in [-0.1, -0.05) is 19.0 Å². The van der Waals surface area contributed by atoms with E-state index < -0.39 is 0 Å². The molecule has 30 heavy (non-hydrogen) atoms. The number of aryl methyl sites for hydroxylation is 1. The summed E-state index contributed by atoms with van der Waals surface area (Å²) < 4.78 is 7.68. The van der Waals surface area contributed by atoms with Gasteiger partial charge in [-0.2, -0.15) is 0 Å². The molecule has 3 aromatic heterocycles. The third-order valence-corrected chi connectivity index (χ3v) is 5.65. The van der Waals surface area contributed by atoms with Gasteiger partial charge in [0.2, 0.25) is 0 Å². The van der Waals surface area contributed by atoms with E-state index in [1.807, 2.05) is 48.9 Å². The quantitative estimate of drug-likeness (QED) is 0.437. The number of aromatic nitrogens is 3. The average molecular weight is 421 g/mol. The number of fused-ring (bicyclic) bond motifs is 1. The first-order valence-electron chi connectivity index (χ1n) is 9.72. The van der Waals surface area contributed by atoms with Crippen molar-refractivity contribution in [2.75, 3.05) is 31.2 Å². The summed E-state index contributed by atoms with van der Waals surface area (Å²) in [7, 11) is 0. The fourth-order valence-electron chi connectivity index (χ4n) is 3.89. The van der Waals surface area contributed by atoms with E-state index in [1.165, 1.54) is 5.56 Å². The SMILES string of the molecule is C.Cc1cc(N2CCOCC2)ncc1-c1cc2ccncc2n1-c1ccc(Cl)cc1. The zero-order valence-corrected chi connectivity index (χ0v) is 16.9. The maximum atomic E-state index is 6.12. The van der Waals surface area contributed by atoms with Gasteiger partial charge in [-0.25, -0.2) is 4.98 Å². The number of ether oxygens (including phenoxy) is 1. The minimum atomic E-state index is 0. The molecule has 1 fully saturated rings. The van der Waals surface area contributed by atoms with Crippen LogP contribution in [-0.4, -0.2) is 40.8 Å². The Bertz CT molecular complexity index is 1160. The Hall–Kier alpha value is -2.89. The van der Waals surface area contributed by atoms with Gasteiger partial charge in [0.1, 0.15) is 5.82 Å². The van der Waals surface area contributed by atoms with Crippen molar-refractivity contribution in [2.45, 2.75) is 14.4 Å². The number of anilines is 1. The molecular formula is C24H25ClN4O. The Kier molecular flexibility index (Phi) is 5.75. The van der Waals surface area contributed by atoms with Crippen molar-refractivity contribution in [3.05, 3.63) is 71.6 Å². The molecule has 0 N–H and O–H groups in total. The molecule has 5 nitrogen and oxygen atoms in total. The van der Waals surface area contributed by atoms with Crippen LogP contribution < -0.4 is 4.90 Å². The molecule has 6 heteroatoms. The zero-order valence-electron chi connectivity index (χ0n) is 16.2. The third kappa shape index (κ3) is 3.66. The Morgan fingerprint density at radius 2 is 1.77 bits per heavy atom. The van der Waals surface area contributed by atoms with Crippen LogP contribution in [0.3, 0.4) is 0 Å². The average Bonchev–Trinajstić information content (AvgIpc) is 3.14. The van der Waals surface area contributed by atoms with Crippen LogP contribution in [0.1, 0.15) is 13.0 Å². The fourth-order valence-corrected chi connectivity index (χ4v) is 4.01. The summed E-state index contributed by atoms with van der Waals surface area (Å²) in [5.41, 5.74) is 5.49. The molecule has 0 unspecified atom stereocenters. The highest BCUT2D eigenvalue weighted by atomic mass is 35.5. The fraction of sp³-hybridized carbons (Fsp3) is 0.250. The number of nitrogens with zero attached hydrogens (tertiary/aromatic N) is 4. The Balaban J connectivity index is 0.00000218. The number of rotatable bonds is 3. The first-order chi connectivity index (χ1) is 14.2. The first kappa shape index (κ1) is 20.4. The molecule has 0 saturated carbocycles. The van der Waals surface area contributed by atoms with Crippen molar-refractivity contribution in [3.63, 3.8) is 0 Å². The molecule has 1 saturated heterocycles. The molecule has 4 heterocycles. The lowest BCUT2D eigenvalue weighted by Crippen LogP contribution is -2.36. The van der Waals surface area contributed by atoms with E-state index in [1.54, 1.807) is 0 Å². The minimum Gasteiger partial charge on any atom is -0.378 e. The van der Waals surface area contributed by atoms with E-state index in [-0.39, 0.29) is 7.43 Å². The molecule has 0 radical (unpaired) electrons. The third-order valence-electron chi connectivity index (χ3n) is 5.40. The van der Waals surface area contributed by atoms with E-state index in [2.05, 4.69) is 33.5 Å². The number of pyridine rings is 2. The normalized spacial score (nSPS) is 14.0. The van der Waals surface area contributed by atoms with E-state index in [9.17, 15) is 0 Å². The zero-order chi connectivity index (χ0) is 19.8. The molecule has 1 aliphatic rings. The topological polar surface area (TPSA) is 43.2 Å². The lowest BCUT2D eigenvalue weighted by atomic mass is 10.1. The van der Waals surface area contributed by atoms with Crippen LogP contribution in [0.5, 0.6) is 0 Å². The van der Waals surface area contributed by atoms with Crippen molar-refractivity contribution in [1.82, 2.24) is 14.5 Å². The Labute approximate surface area is 181 Å². The summed E-state index contributed by atoms with van der Waals surface area (Å²) in [6.45, 7) is 5.40. The van der Waals surface area contributed by atoms with Crippen molar-refractivity contribution < 1.29 is 4.74 Å². The highest BCUT2D eigenvalue weighted by Gasteiger charge is 2.17. The minimum absolute atomic E-state index is 0. The van der Waals surface area contributed by atoms with Crippen LogP contribution in [-0.2, 0) is 4.74 Å². The second-order valence-electron chi connectivity index (χ2n) is 7.23. The van der Waals surface area contributed by atoms with Gasteiger partial charge in [0.25, 0.3) is 0 Å². The second-order valence-corrected chi connectivity index (χ2v) is 7.67. The summed E-state index contributed by atoms with van der Waals surface area (Å²) in [5.74, 6) is 1.00. The van der Waals surface area contributed by atoms with Gasteiger partial charge >= 0.3 is 0 Å². The lowest BCUT2D eigenvalue weighted by molar-refractivity contribution is 0.122. The summed E-state index contributed by atoms with van der Waals surface area (Å²) in [5, 5.41) is 1.86. The molecule has 1 aliphatic heterocycles. The molecule has 0 amide bonds. The predicted octanol–water partition coefficient (Wildman–Crippen LogP) is 5.52. The molecular weight excluding hydrogens is 396 g/mol. The highest BCUT2D eigenvalue weighted by Crippen LogP contribution is 2.34. The number of hydrogen-bond donors (Lipinski definition) is 0. The van der Waals surface area contributed by atoms with Gasteiger partial charge in [0.05, 0.1) is 30.6 Å². The maximum Gasteiger partial charge on any atom is 0.128 e. The summed E-state index contributed by atoms with van der Waals surface area (Å²) >= 11 is 6.12. The van der Waals surface area contributed by atoms with Crippen LogP contribution in [0.25, 0.3) is 27.8 Å². The Morgan fingerprint density at radius 3 is 2.50 bits per heavy atom. The standard InChI is InChI=1S/C23H21ClN4O.CH4/c1-16-12-23(27-8-10-29-11-9-27)26-14-20(16)21-13-17-6-7-25-15-22(17)28(21)19-4-2-18(24)3-5-19;/h2-7,12-15H,8-11H2,1H3;1H4. The number of halogens is 1. The Morgan fingerprint density at radius 1 is 1.00 bits per heavy atom. The van der Waals surface area contributed by atoms with Crippen LogP contribution >= 0.6 is 11.6 Å². The molecule has 0 bridgehead atoms. The number of hydrogen-bond acceptors (Lipinski definition) is 4. The van der Waals surface area contributed by atoms with Crippen molar-refractivity contribution in [3.8, 4) is 16.9 Å². The van der Waals surface area contributed by atoms with Crippen LogP contribution in [0.4, 0.5) is 5.82 Å². The van der Waals surface area contributed by atoms with Crippen molar-refractivity contribution in [2.24, 2.45) is 0 Å². The van der Waals surface area contributed by atoms with E-state index in [0.717, 1.165) is 65.0 Å². The smallest absolute Gasteiger partial charge is 0.128 e. The van der Waals surface area contributed by atoms with Gasteiger partial charge < -0.3 is 14.2 Å². The molecule has 0 atom stereocenters. The number of morpholine rings is 1. The van der Waals surface area contributed by atoms with Gasteiger partial charge in [-0.3, -0.25) is 4.98 Å². The largest absolute Gasteiger partial charge is 0.378 e. The van der Waals surface area contributed by atoms with Crippen molar-refractivity contribution >= 4 is 28.3 Å². The van der Waals surface area contributed by atoms with Gasteiger partial charge in [0, 0.05) is 47.1 Å². The molecule has 0 aliphatic carbocycles. The summed E-state index contributed by atoms with van der Waals surface area (Å²) in [6, 6.07) is 14.3. The van der Waals surface area contributed by atoms with Crippen LogP contribution in [0.15, 0.2) is 61.1 Å². The van der Waals surface area contributed by atoms with E-state index in [0.29, 0.717) is 0 Å². The molecule has 5 rings (SSSR count). The molecule has 4 aromatic rings. The predicted molar refractivity (Wildman–Crippen MR) is 124 cm³/mol. The monoisotopic (exact) mass is 420 g/mol. The van der Waals surface area contributed by atoms with E-state index >= 15 is 0 Å². The van der Waals surface area contributed by atoms with Gasteiger partial charge in [-0.05, 0) is 55.0 Å². The van der Waals surface area contributed by atoms with Crippen molar-refractivity contribution in [1.29, 1.82) is 0 Å². The lowest BCUT2D eigenvalue weighted by Gasteiger charge is -2.28. The molecule has 0 spiro atoms. The van der Waals surface area contributed by atoms with Crippen LogP contribution in [0, 0.1) is 6.92 Å². The summed E-state index contributed by atoms with van der Waals surface area (Å²) in [6.07, 6.45) is 5.71. The van der Waals surface area contributed by atoms with Gasteiger partial charge in [-0.15, -0.1) is 0 Å². The first-order valence-corrected chi connectivity index (χ1v) is 10.1. The maximum absolute atomic E-state index is 6.12. The number of benzene rings is 1. The molecule has 154 valence electrons. The molecule has 1 aromatic carbocycles. The summed E-state index contributed by atoms with van der Waals surface area (Å²) in [4.78, 5) is 11.4. The van der Waals surface area contributed by atoms with Gasteiger partial charge in [0.15, 0.2) is 0 Å².